The second kappa shape index (κ2) is 7.29. The van der Waals surface area contributed by atoms with Gasteiger partial charge in [-0.2, -0.15) is 0 Å². The minimum absolute atomic E-state index is 0.764. The number of hydrogen-bond donors (Lipinski definition) is 1. The summed E-state index contributed by atoms with van der Waals surface area (Å²) in [6.07, 6.45) is 8.11. The molecule has 1 fully saturated rings. The lowest BCUT2D eigenvalue weighted by atomic mass is 9.79. The molecule has 0 bridgehead atoms. The van der Waals surface area contributed by atoms with Gasteiger partial charge < -0.3 is 10.6 Å². The number of nitrogens with two attached hydrogens (primary N) is 1. The molecule has 0 amide bonds. The van der Waals surface area contributed by atoms with E-state index in [-0.39, 0.29) is 0 Å². The standard InChI is InChI=1S/C14H30N2/c1-4-14(5-2)16(3)11-13-9-7-6-8-12(13)10-15/h12-14H,4-11,15H2,1-3H3. The van der Waals surface area contributed by atoms with Crippen LogP contribution < -0.4 is 5.73 Å². The monoisotopic (exact) mass is 226 g/mol. The summed E-state index contributed by atoms with van der Waals surface area (Å²) in [4.78, 5) is 2.57. The molecule has 0 aliphatic heterocycles. The van der Waals surface area contributed by atoms with Crippen LogP contribution in [0.2, 0.25) is 0 Å². The van der Waals surface area contributed by atoms with Crippen molar-refractivity contribution in [1.82, 2.24) is 4.90 Å². The molecule has 2 heteroatoms. The van der Waals surface area contributed by atoms with Crippen LogP contribution in [-0.4, -0.2) is 31.1 Å². The first-order valence-corrected chi connectivity index (χ1v) is 7.13. The molecule has 0 heterocycles. The fraction of sp³-hybridized carbons (Fsp3) is 1.00. The second-order valence-corrected chi connectivity index (χ2v) is 5.45. The maximum Gasteiger partial charge on any atom is 0.00870 e. The fourth-order valence-electron chi connectivity index (χ4n) is 3.27. The maximum atomic E-state index is 5.89. The Morgan fingerprint density at radius 1 is 1.12 bits per heavy atom. The van der Waals surface area contributed by atoms with E-state index in [0.717, 1.165) is 24.4 Å². The topological polar surface area (TPSA) is 29.3 Å². The van der Waals surface area contributed by atoms with Crippen LogP contribution in [0.3, 0.4) is 0 Å². The number of hydrogen-bond acceptors (Lipinski definition) is 2. The smallest absolute Gasteiger partial charge is 0.00870 e. The lowest BCUT2D eigenvalue weighted by molar-refractivity contribution is 0.137. The first-order chi connectivity index (χ1) is 7.72. The van der Waals surface area contributed by atoms with E-state index in [0.29, 0.717) is 0 Å². The summed E-state index contributed by atoms with van der Waals surface area (Å²) in [6, 6.07) is 0.764. The molecule has 1 aliphatic rings. The molecule has 0 aromatic carbocycles. The molecule has 1 rings (SSSR count). The molecule has 0 saturated heterocycles. The van der Waals surface area contributed by atoms with Gasteiger partial charge in [-0.15, -0.1) is 0 Å². The SMILES string of the molecule is CCC(CC)N(C)CC1CCCCC1CN. The Morgan fingerprint density at radius 3 is 2.19 bits per heavy atom. The van der Waals surface area contributed by atoms with Crippen molar-refractivity contribution in [3.8, 4) is 0 Å². The van der Waals surface area contributed by atoms with Gasteiger partial charge in [0.15, 0.2) is 0 Å². The Morgan fingerprint density at radius 2 is 1.69 bits per heavy atom. The highest BCUT2D eigenvalue weighted by atomic mass is 15.1. The van der Waals surface area contributed by atoms with Gasteiger partial charge >= 0.3 is 0 Å². The van der Waals surface area contributed by atoms with Crippen LogP contribution in [0.1, 0.15) is 52.4 Å². The number of nitrogens with zero attached hydrogens (tertiary/aromatic N) is 1. The lowest BCUT2D eigenvalue weighted by Gasteiger charge is -2.36. The summed E-state index contributed by atoms with van der Waals surface area (Å²) in [7, 11) is 2.29. The van der Waals surface area contributed by atoms with Gasteiger partial charge in [-0.25, -0.2) is 0 Å². The van der Waals surface area contributed by atoms with Gasteiger partial charge in [0.1, 0.15) is 0 Å². The quantitative estimate of drug-likeness (QED) is 0.754. The second-order valence-electron chi connectivity index (χ2n) is 5.45. The van der Waals surface area contributed by atoms with Crippen molar-refractivity contribution in [2.45, 2.75) is 58.4 Å². The molecule has 2 atom stereocenters. The van der Waals surface area contributed by atoms with E-state index in [1.807, 2.05) is 0 Å². The van der Waals surface area contributed by atoms with Crippen molar-refractivity contribution >= 4 is 0 Å². The molecular weight excluding hydrogens is 196 g/mol. The molecule has 1 saturated carbocycles. The van der Waals surface area contributed by atoms with E-state index in [4.69, 9.17) is 5.73 Å². The summed E-state index contributed by atoms with van der Waals surface area (Å²) in [5.41, 5.74) is 5.89. The van der Waals surface area contributed by atoms with E-state index in [1.54, 1.807) is 0 Å². The Bertz CT molecular complexity index is 178. The zero-order chi connectivity index (χ0) is 12.0. The van der Waals surface area contributed by atoms with Crippen LogP contribution in [-0.2, 0) is 0 Å². The Kier molecular flexibility index (Phi) is 6.37. The predicted octanol–water partition coefficient (Wildman–Crippen LogP) is 2.87. The molecule has 0 aromatic heterocycles. The lowest BCUT2D eigenvalue weighted by Crippen LogP contribution is -2.39. The van der Waals surface area contributed by atoms with Crippen molar-refractivity contribution in [3.05, 3.63) is 0 Å². The van der Waals surface area contributed by atoms with Crippen LogP contribution in [0.25, 0.3) is 0 Å². The molecule has 0 aromatic rings. The first kappa shape index (κ1) is 14.0. The summed E-state index contributed by atoms with van der Waals surface area (Å²) >= 11 is 0. The van der Waals surface area contributed by atoms with Gasteiger partial charge in [0, 0.05) is 12.6 Å². The van der Waals surface area contributed by atoms with Crippen molar-refractivity contribution in [1.29, 1.82) is 0 Å². The summed E-state index contributed by atoms with van der Waals surface area (Å²) in [6.45, 7) is 6.74. The van der Waals surface area contributed by atoms with E-state index in [9.17, 15) is 0 Å². The van der Waals surface area contributed by atoms with Gasteiger partial charge in [0.05, 0.1) is 0 Å². The first-order valence-electron chi connectivity index (χ1n) is 7.13. The highest BCUT2D eigenvalue weighted by Gasteiger charge is 2.26. The molecule has 0 radical (unpaired) electrons. The number of rotatable bonds is 6. The van der Waals surface area contributed by atoms with Crippen LogP contribution in [0.15, 0.2) is 0 Å². The zero-order valence-corrected chi connectivity index (χ0v) is 11.4. The van der Waals surface area contributed by atoms with Crippen molar-refractivity contribution in [3.63, 3.8) is 0 Å². The van der Waals surface area contributed by atoms with Crippen molar-refractivity contribution in [2.75, 3.05) is 20.1 Å². The minimum atomic E-state index is 0.764. The normalized spacial score (nSPS) is 26.6. The molecule has 1 aliphatic carbocycles. The average Bonchev–Trinajstić information content (AvgIpc) is 2.31. The highest BCUT2D eigenvalue weighted by Crippen LogP contribution is 2.30. The zero-order valence-electron chi connectivity index (χ0n) is 11.4. The Balaban J connectivity index is 2.43. The molecular formula is C14H30N2. The van der Waals surface area contributed by atoms with Crippen LogP contribution in [0, 0.1) is 11.8 Å². The van der Waals surface area contributed by atoms with Gasteiger partial charge in [-0.3, -0.25) is 0 Å². The molecule has 0 spiro atoms. The third-order valence-electron chi connectivity index (χ3n) is 4.46. The van der Waals surface area contributed by atoms with Crippen LogP contribution in [0.4, 0.5) is 0 Å². The Labute approximate surface area is 102 Å². The summed E-state index contributed by atoms with van der Waals surface area (Å²) in [5.74, 6) is 1.63. The van der Waals surface area contributed by atoms with Crippen LogP contribution in [0.5, 0.6) is 0 Å². The molecule has 2 unspecified atom stereocenters. The summed E-state index contributed by atoms with van der Waals surface area (Å²) < 4.78 is 0. The van der Waals surface area contributed by atoms with E-state index >= 15 is 0 Å². The van der Waals surface area contributed by atoms with Crippen LogP contribution >= 0.6 is 0 Å². The maximum absolute atomic E-state index is 5.89. The van der Waals surface area contributed by atoms with Gasteiger partial charge in [-0.05, 0) is 51.1 Å². The molecule has 2 nitrogen and oxygen atoms in total. The minimum Gasteiger partial charge on any atom is -0.330 e. The average molecular weight is 226 g/mol. The van der Waals surface area contributed by atoms with E-state index in [2.05, 4.69) is 25.8 Å². The highest BCUT2D eigenvalue weighted by molar-refractivity contribution is 4.79. The molecule has 2 N–H and O–H groups in total. The van der Waals surface area contributed by atoms with Crippen molar-refractivity contribution < 1.29 is 0 Å². The van der Waals surface area contributed by atoms with Gasteiger partial charge in [-0.1, -0.05) is 26.7 Å². The predicted molar refractivity (Wildman–Crippen MR) is 71.5 cm³/mol. The fourth-order valence-corrected chi connectivity index (χ4v) is 3.27. The largest absolute Gasteiger partial charge is 0.330 e. The third-order valence-corrected chi connectivity index (χ3v) is 4.46. The van der Waals surface area contributed by atoms with E-state index in [1.165, 1.54) is 45.1 Å². The van der Waals surface area contributed by atoms with Gasteiger partial charge in [0.2, 0.25) is 0 Å². The molecule has 16 heavy (non-hydrogen) atoms. The third kappa shape index (κ3) is 3.74. The van der Waals surface area contributed by atoms with Crippen molar-refractivity contribution in [2.24, 2.45) is 17.6 Å². The summed E-state index contributed by atoms with van der Waals surface area (Å²) in [5, 5.41) is 0. The molecule has 96 valence electrons. The van der Waals surface area contributed by atoms with E-state index < -0.39 is 0 Å². The van der Waals surface area contributed by atoms with Gasteiger partial charge in [0.25, 0.3) is 0 Å². The Hall–Kier alpha value is -0.0800.